The molecule has 0 aliphatic carbocycles. The lowest BCUT2D eigenvalue weighted by Gasteiger charge is -2.21. The largest absolute Gasteiger partial charge is 0.395 e. The van der Waals surface area contributed by atoms with E-state index in [0.717, 1.165) is 10.0 Å². The van der Waals surface area contributed by atoms with Gasteiger partial charge >= 0.3 is 0 Å². The van der Waals surface area contributed by atoms with E-state index in [1.54, 1.807) is 12.0 Å². The van der Waals surface area contributed by atoms with Gasteiger partial charge in [0.2, 0.25) is 5.91 Å². The third-order valence-corrected chi connectivity index (χ3v) is 3.30. The SMILES string of the molecule is COCCN(CCO)C(=O)CCc1cccc(Br)c1. The highest BCUT2D eigenvalue weighted by atomic mass is 79.9. The molecular weight excluding hydrogens is 310 g/mol. The molecule has 19 heavy (non-hydrogen) atoms. The van der Waals surface area contributed by atoms with Crippen molar-refractivity contribution in [2.24, 2.45) is 0 Å². The first-order chi connectivity index (χ1) is 9.17. The summed E-state index contributed by atoms with van der Waals surface area (Å²) in [5, 5.41) is 8.97. The van der Waals surface area contributed by atoms with Crippen LogP contribution < -0.4 is 0 Å². The van der Waals surface area contributed by atoms with Crippen molar-refractivity contribution in [3.63, 3.8) is 0 Å². The number of aryl methyl sites for hydroxylation is 1. The third kappa shape index (κ3) is 6.18. The molecule has 0 unspecified atom stereocenters. The number of aliphatic hydroxyl groups excluding tert-OH is 1. The molecule has 0 radical (unpaired) electrons. The Morgan fingerprint density at radius 2 is 2.21 bits per heavy atom. The van der Waals surface area contributed by atoms with Gasteiger partial charge < -0.3 is 14.7 Å². The highest BCUT2D eigenvalue weighted by Crippen LogP contribution is 2.13. The third-order valence-electron chi connectivity index (χ3n) is 2.80. The van der Waals surface area contributed by atoms with Gasteiger partial charge in [0.05, 0.1) is 13.2 Å². The molecule has 0 aromatic heterocycles. The minimum absolute atomic E-state index is 0.0215. The maximum absolute atomic E-state index is 12.0. The van der Waals surface area contributed by atoms with Crippen molar-refractivity contribution in [1.29, 1.82) is 0 Å². The van der Waals surface area contributed by atoms with Gasteiger partial charge in [0.15, 0.2) is 0 Å². The van der Waals surface area contributed by atoms with Crippen LogP contribution in [0, 0.1) is 0 Å². The lowest BCUT2D eigenvalue weighted by molar-refractivity contribution is -0.132. The summed E-state index contributed by atoms with van der Waals surface area (Å²) < 4.78 is 5.98. The second-order valence-corrected chi connectivity index (χ2v) is 5.14. The van der Waals surface area contributed by atoms with Gasteiger partial charge in [0.1, 0.15) is 0 Å². The maximum atomic E-state index is 12.0. The molecule has 5 heteroatoms. The number of aliphatic hydroxyl groups is 1. The Morgan fingerprint density at radius 3 is 2.84 bits per heavy atom. The summed E-state index contributed by atoms with van der Waals surface area (Å²) in [5.41, 5.74) is 1.12. The molecule has 1 rings (SSSR count). The Hall–Kier alpha value is -0.910. The molecule has 1 aromatic carbocycles. The first-order valence-corrected chi connectivity index (χ1v) is 7.08. The van der Waals surface area contributed by atoms with Crippen LogP contribution in [-0.4, -0.2) is 49.3 Å². The lowest BCUT2D eigenvalue weighted by atomic mass is 10.1. The van der Waals surface area contributed by atoms with E-state index < -0.39 is 0 Å². The summed E-state index contributed by atoms with van der Waals surface area (Å²) >= 11 is 3.41. The van der Waals surface area contributed by atoms with E-state index in [4.69, 9.17) is 9.84 Å². The smallest absolute Gasteiger partial charge is 0.223 e. The van der Waals surface area contributed by atoms with Crippen LogP contribution >= 0.6 is 15.9 Å². The molecule has 0 bridgehead atoms. The number of hydrogen-bond acceptors (Lipinski definition) is 3. The number of nitrogens with zero attached hydrogens (tertiary/aromatic N) is 1. The first-order valence-electron chi connectivity index (χ1n) is 6.29. The van der Waals surface area contributed by atoms with Crippen molar-refractivity contribution < 1.29 is 14.6 Å². The number of methoxy groups -OCH3 is 1. The summed E-state index contributed by atoms with van der Waals surface area (Å²) in [4.78, 5) is 13.7. The Kier molecular flexibility index (Phi) is 7.70. The van der Waals surface area contributed by atoms with Gasteiger partial charge in [0, 0.05) is 31.1 Å². The minimum atomic E-state index is -0.0215. The van der Waals surface area contributed by atoms with Crippen LogP contribution in [-0.2, 0) is 16.0 Å². The Morgan fingerprint density at radius 1 is 1.42 bits per heavy atom. The molecule has 0 atom stereocenters. The second kappa shape index (κ2) is 9.07. The van der Waals surface area contributed by atoms with Crippen molar-refractivity contribution in [1.82, 2.24) is 4.90 Å². The second-order valence-electron chi connectivity index (χ2n) is 4.23. The van der Waals surface area contributed by atoms with Gasteiger partial charge in [-0.1, -0.05) is 28.1 Å². The average molecular weight is 330 g/mol. The van der Waals surface area contributed by atoms with Gasteiger partial charge in [-0.3, -0.25) is 4.79 Å². The van der Waals surface area contributed by atoms with Gasteiger partial charge in [-0.25, -0.2) is 0 Å². The van der Waals surface area contributed by atoms with E-state index in [9.17, 15) is 4.79 Å². The van der Waals surface area contributed by atoms with Crippen molar-refractivity contribution in [2.75, 3.05) is 33.4 Å². The summed E-state index contributed by atoms with van der Waals surface area (Å²) in [6, 6.07) is 7.94. The molecule has 1 aromatic rings. The lowest BCUT2D eigenvalue weighted by Crippen LogP contribution is -2.36. The van der Waals surface area contributed by atoms with E-state index in [1.807, 2.05) is 24.3 Å². The Balaban J connectivity index is 2.47. The van der Waals surface area contributed by atoms with Crippen molar-refractivity contribution in [2.45, 2.75) is 12.8 Å². The predicted octanol–water partition coefficient (Wildman–Crippen LogP) is 1.85. The molecule has 1 N–H and O–H groups in total. The minimum Gasteiger partial charge on any atom is -0.395 e. The van der Waals surface area contributed by atoms with E-state index in [2.05, 4.69) is 15.9 Å². The fourth-order valence-electron chi connectivity index (χ4n) is 1.79. The van der Waals surface area contributed by atoms with Gasteiger partial charge in [0.25, 0.3) is 0 Å². The number of carbonyl (C=O) groups excluding carboxylic acids is 1. The Labute approximate surface area is 122 Å². The summed E-state index contributed by atoms with van der Waals surface area (Å²) in [7, 11) is 1.60. The van der Waals surface area contributed by atoms with Crippen LogP contribution in [0.15, 0.2) is 28.7 Å². The van der Waals surface area contributed by atoms with Crippen LogP contribution in [0.3, 0.4) is 0 Å². The molecule has 0 aliphatic heterocycles. The predicted molar refractivity (Wildman–Crippen MR) is 78.0 cm³/mol. The molecule has 0 spiro atoms. The van der Waals surface area contributed by atoms with Gasteiger partial charge in [-0.05, 0) is 24.1 Å². The topological polar surface area (TPSA) is 49.8 Å². The Bertz CT molecular complexity index is 398. The van der Waals surface area contributed by atoms with E-state index >= 15 is 0 Å². The quantitative estimate of drug-likeness (QED) is 0.791. The van der Waals surface area contributed by atoms with E-state index in [1.165, 1.54) is 0 Å². The fraction of sp³-hybridized carbons (Fsp3) is 0.500. The van der Waals surface area contributed by atoms with Crippen LogP contribution in [0.4, 0.5) is 0 Å². The molecule has 1 amide bonds. The molecular formula is C14H20BrNO3. The number of rotatable bonds is 8. The van der Waals surface area contributed by atoms with Crippen molar-refractivity contribution >= 4 is 21.8 Å². The summed E-state index contributed by atoms with van der Waals surface area (Å²) in [6.07, 6.45) is 1.15. The number of hydrogen-bond donors (Lipinski definition) is 1. The normalized spacial score (nSPS) is 10.5. The molecule has 0 fully saturated rings. The first kappa shape index (κ1) is 16.1. The highest BCUT2D eigenvalue weighted by Gasteiger charge is 2.12. The van der Waals surface area contributed by atoms with Crippen molar-refractivity contribution in [3.8, 4) is 0 Å². The van der Waals surface area contributed by atoms with E-state index in [0.29, 0.717) is 32.5 Å². The number of ether oxygens (including phenoxy) is 1. The zero-order valence-corrected chi connectivity index (χ0v) is 12.7. The number of halogens is 1. The van der Waals surface area contributed by atoms with Crippen LogP contribution in [0.25, 0.3) is 0 Å². The zero-order chi connectivity index (χ0) is 14.1. The number of carbonyl (C=O) groups is 1. The van der Waals surface area contributed by atoms with Crippen molar-refractivity contribution in [3.05, 3.63) is 34.3 Å². The van der Waals surface area contributed by atoms with E-state index in [-0.39, 0.29) is 12.5 Å². The van der Waals surface area contributed by atoms with Gasteiger partial charge in [-0.15, -0.1) is 0 Å². The molecule has 0 heterocycles. The molecule has 106 valence electrons. The summed E-state index contributed by atoms with van der Waals surface area (Å²) in [6.45, 7) is 1.35. The van der Waals surface area contributed by atoms with Crippen LogP contribution in [0.5, 0.6) is 0 Å². The van der Waals surface area contributed by atoms with Crippen LogP contribution in [0.2, 0.25) is 0 Å². The standard InChI is InChI=1S/C14H20BrNO3/c1-19-10-8-16(7-9-17)14(18)6-5-12-3-2-4-13(15)11-12/h2-4,11,17H,5-10H2,1H3. The summed E-state index contributed by atoms with van der Waals surface area (Å²) in [5.74, 6) is 0.0473. The molecule has 0 saturated carbocycles. The fourth-order valence-corrected chi connectivity index (χ4v) is 2.23. The molecule has 4 nitrogen and oxygen atoms in total. The molecule has 0 aliphatic rings. The zero-order valence-electron chi connectivity index (χ0n) is 11.1. The van der Waals surface area contributed by atoms with Gasteiger partial charge in [-0.2, -0.15) is 0 Å². The monoisotopic (exact) mass is 329 g/mol. The number of amides is 1. The highest BCUT2D eigenvalue weighted by molar-refractivity contribution is 9.10. The molecule has 0 saturated heterocycles. The number of benzene rings is 1. The maximum Gasteiger partial charge on any atom is 0.223 e. The average Bonchev–Trinajstić information content (AvgIpc) is 2.41. The van der Waals surface area contributed by atoms with Crippen LogP contribution in [0.1, 0.15) is 12.0 Å².